The van der Waals surface area contributed by atoms with E-state index in [-0.39, 0.29) is 16.8 Å². The molecule has 152 valence electrons. The van der Waals surface area contributed by atoms with E-state index in [9.17, 15) is 13.2 Å². The molecule has 0 aliphatic rings. The third-order valence-corrected chi connectivity index (χ3v) is 5.18. The van der Waals surface area contributed by atoms with E-state index in [0.717, 1.165) is 5.56 Å². The van der Waals surface area contributed by atoms with Gasteiger partial charge in [0, 0.05) is 17.3 Å². The first-order valence-corrected chi connectivity index (χ1v) is 10.1. The van der Waals surface area contributed by atoms with Crippen LogP contribution in [0.1, 0.15) is 25.5 Å². The first-order valence-electron chi connectivity index (χ1n) is 8.57. The van der Waals surface area contributed by atoms with Crippen molar-refractivity contribution < 1.29 is 22.7 Å². The summed E-state index contributed by atoms with van der Waals surface area (Å²) in [6.07, 6.45) is 0. The molecular weight excluding hydrogens is 382 g/mol. The summed E-state index contributed by atoms with van der Waals surface area (Å²) in [7, 11) is -0.604. The van der Waals surface area contributed by atoms with Crippen molar-refractivity contribution in [2.75, 3.05) is 19.5 Å². The molecule has 0 radical (unpaired) electrons. The molecule has 0 saturated heterocycles. The van der Waals surface area contributed by atoms with Crippen LogP contribution in [0.3, 0.4) is 0 Å². The molecule has 0 heterocycles. The zero-order valence-electron chi connectivity index (χ0n) is 16.2. The summed E-state index contributed by atoms with van der Waals surface area (Å²) in [6.45, 7) is 3.65. The molecule has 0 fully saturated rings. The molecule has 2 unspecified atom stereocenters. The van der Waals surface area contributed by atoms with Crippen LogP contribution >= 0.6 is 0 Å². The van der Waals surface area contributed by atoms with Crippen LogP contribution in [0.2, 0.25) is 0 Å². The van der Waals surface area contributed by atoms with Crippen molar-refractivity contribution in [3.63, 3.8) is 0 Å². The van der Waals surface area contributed by atoms with E-state index in [1.807, 2.05) is 19.1 Å². The zero-order chi connectivity index (χ0) is 20.9. The molecule has 28 heavy (non-hydrogen) atoms. The van der Waals surface area contributed by atoms with Gasteiger partial charge in [-0.25, -0.2) is 13.6 Å². The molecule has 0 bridgehead atoms. The Morgan fingerprint density at radius 2 is 1.68 bits per heavy atom. The normalized spacial score (nSPS) is 13.5. The monoisotopic (exact) mass is 407 g/mol. The van der Waals surface area contributed by atoms with Crippen LogP contribution in [0.4, 0.5) is 5.69 Å². The van der Waals surface area contributed by atoms with Gasteiger partial charge in [0.2, 0.25) is 15.9 Å². The first-order chi connectivity index (χ1) is 13.2. The van der Waals surface area contributed by atoms with Crippen molar-refractivity contribution in [1.82, 2.24) is 5.32 Å². The Labute approximate surface area is 165 Å². The number of carbonyl (C=O) groups is 1. The maximum atomic E-state index is 12.5. The SMILES string of the molecule is COc1ccc(OC)c(C(C)NC(C)C(=O)Nc2ccc(S(N)(=O)=O)cc2)c1. The predicted octanol–water partition coefficient (Wildman–Crippen LogP) is 2.03. The van der Waals surface area contributed by atoms with E-state index in [4.69, 9.17) is 14.6 Å². The predicted molar refractivity (Wildman–Crippen MR) is 107 cm³/mol. The van der Waals surface area contributed by atoms with Crippen molar-refractivity contribution in [2.45, 2.75) is 30.8 Å². The summed E-state index contributed by atoms with van der Waals surface area (Å²) in [5, 5.41) is 11.0. The molecule has 2 aromatic rings. The molecule has 8 nitrogen and oxygen atoms in total. The van der Waals surface area contributed by atoms with Crippen LogP contribution in [0, 0.1) is 0 Å². The minimum Gasteiger partial charge on any atom is -0.497 e. The number of amides is 1. The van der Waals surface area contributed by atoms with Crippen molar-refractivity contribution in [1.29, 1.82) is 0 Å². The van der Waals surface area contributed by atoms with Gasteiger partial charge in [0.15, 0.2) is 0 Å². The van der Waals surface area contributed by atoms with Crippen molar-refractivity contribution in [2.24, 2.45) is 5.14 Å². The summed E-state index contributed by atoms with van der Waals surface area (Å²) in [4.78, 5) is 12.4. The van der Waals surface area contributed by atoms with Gasteiger partial charge in [-0.15, -0.1) is 0 Å². The molecule has 0 aliphatic carbocycles. The van der Waals surface area contributed by atoms with E-state index in [1.54, 1.807) is 27.2 Å². The largest absolute Gasteiger partial charge is 0.497 e. The number of nitrogens with one attached hydrogen (secondary N) is 2. The summed E-state index contributed by atoms with van der Waals surface area (Å²) in [5.74, 6) is 1.11. The Morgan fingerprint density at radius 1 is 1.04 bits per heavy atom. The molecule has 0 spiro atoms. The number of methoxy groups -OCH3 is 2. The van der Waals surface area contributed by atoms with Gasteiger partial charge in [-0.2, -0.15) is 0 Å². The van der Waals surface area contributed by atoms with Gasteiger partial charge < -0.3 is 14.8 Å². The topological polar surface area (TPSA) is 120 Å². The fourth-order valence-corrected chi connectivity index (χ4v) is 3.21. The maximum Gasteiger partial charge on any atom is 0.241 e. The molecule has 1 amide bonds. The minimum atomic E-state index is -3.77. The van der Waals surface area contributed by atoms with E-state index in [2.05, 4.69) is 10.6 Å². The van der Waals surface area contributed by atoms with Gasteiger partial charge in [-0.05, 0) is 56.3 Å². The van der Waals surface area contributed by atoms with Crippen LogP contribution in [-0.2, 0) is 14.8 Å². The smallest absolute Gasteiger partial charge is 0.241 e. The lowest BCUT2D eigenvalue weighted by Gasteiger charge is -2.22. The number of anilines is 1. The van der Waals surface area contributed by atoms with E-state index < -0.39 is 16.1 Å². The highest BCUT2D eigenvalue weighted by atomic mass is 32.2. The maximum absolute atomic E-state index is 12.5. The molecule has 0 aliphatic heterocycles. The summed E-state index contributed by atoms with van der Waals surface area (Å²) in [6, 6.07) is 10.4. The van der Waals surface area contributed by atoms with Crippen LogP contribution in [0.25, 0.3) is 0 Å². The Kier molecular flexibility index (Phi) is 7.00. The van der Waals surface area contributed by atoms with Crippen LogP contribution in [0.5, 0.6) is 11.5 Å². The average Bonchev–Trinajstić information content (AvgIpc) is 2.66. The number of carbonyl (C=O) groups excluding carboxylic acids is 1. The van der Waals surface area contributed by atoms with Gasteiger partial charge >= 0.3 is 0 Å². The number of rotatable bonds is 8. The van der Waals surface area contributed by atoms with Crippen molar-refractivity contribution in [3.8, 4) is 11.5 Å². The molecular formula is C19H25N3O5S. The fourth-order valence-electron chi connectivity index (χ4n) is 2.70. The highest BCUT2D eigenvalue weighted by molar-refractivity contribution is 7.89. The lowest BCUT2D eigenvalue weighted by atomic mass is 10.1. The average molecular weight is 407 g/mol. The van der Waals surface area contributed by atoms with E-state index in [1.165, 1.54) is 24.3 Å². The quantitative estimate of drug-likeness (QED) is 0.616. The second-order valence-corrected chi connectivity index (χ2v) is 7.84. The molecule has 0 saturated carbocycles. The zero-order valence-corrected chi connectivity index (χ0v) is 17.0. The fraction of sp³-hybridized carbons (Fsp3) is 0.316. The molecule has 2 aromatic carbocycles. The Balaban J connectivity index is 2.06. The Bertz CT molecular complexity index is 929. The second-order valence-electron chi connectivity index (χ2n) is 6.28. The highest BCUT2D eigenvalue weighted by Gasteiger charge is 2.19. The van der Waals surface area contributed by atoms with Crippen LogP contribution < -0.4 is 25.2 Å². The van der Waals surface area contributed by atoms with Gasteiger partial charge in [-0.3, -0.25) is 10.1 Å². The molecule has 4 N–H and O–H groups in total. The summed E-state index contributed by atoms with van der Waals surface area (Å²) in [5.41, 5.74) is 1.33. The molecule has 2 rings (SSSR count). The number of nitrogens with two attached hydrogens (primary N) is 1. The van der Waals surface area contributed by atoms with Crippen LogP contribution in [0.15, 0.2) is 47.4 Å². The molecule has 9 heteroatoms. The third-order valence-electron chi connectivity index (χ3n) is 4.25. The lowest BCUT2D eigenvalue weighted by Crippen LogP contribution is -2.39. The number of ether oxygens (including phenoxy) is 2. The number of hydrogen-bond acceptors (Lipinski definition) is 6. The van der Waals surface area contributed by atoms with Gasteiger partial charge in [0.05, 0.1) is 25.2 Å². The summed E-state index contributed by atoms with van der Waals surface area (Å²) < 4.78 is 33.2. The van der Waals surface area contributed by atoms with E-state index >= 15 is 0 Å². The number of primary sulfonamides is 1. The third kappa shape index (κ3) is 5.44. The second kappa shape index (κ2) is 9.05. The number of sulfonamides is 1. The van der Waals surface area contributed by atoms with Gasteiger partial charge in [0.1, 0.15) is 11.5 Å². The lowest BCUT2D eigenvalue weighted by molar-refractivity contribution is -0.117. The van der Waals surface area contributed by atoms with Gasteiger partial charge in [-0.1, -0.05) is 0 Å². The highest BCUT2D eigenvalue weighted by Crippen LogP contribution is 2.29. The van der Waals surface area contributed by atoms with Crippen LogP contribution in [-0.4, -0.2) is 34.6 Å². The first kappa shape index (κ1) is 21.7. The standard InChI is InChI=1S/C19H25N3O5S/c1-12(17-11-15(26-3)7-10-18(17)27-4)21-13(2)19(23)22-14-5-8-16(9-6-14)28(20,24)25/h5-13,21H,1-4H3,(H,22,23)(H2,20,24,25). The molecule has 2 atom stereocenters. The van der Waals surface area contributed by atoms with Crippen molar-refractivity contribution >= 4 is 21.6 Å². The van der Waals surface area contributed by atoms with Crippen molar-refractivity contribution in [3.05, 3.63) is 48.0 Å². The minimum absolute atomic E-state index is 0.0181. The van der Waals surface area contributed by atoms with E-state index in [0.29, 0.717) is 17.2 Å². The number of benzene rings is 2. The Hall–Kier alpha value is -2.62. The van der Waals surface area contributed by atoms with Gasteiger partial charge in [0.25, 0.3) is 0 Å². The Morgan fingerprint density at radius 3 is 2.21 bits per heavy atom. The molecule has 0 aromatic heterocycles. The summed E-state index contributed by atoms with van der Waals surface area (Å²) >= 11 is 0. The number of hydrogen-bond donors (Lipinski definition) is 3.